The summed E-state index contributed by atoms with van der Waals surface area (Å²) >= 11 is 1.51. The van der Waals surface area contributed by atoms with Gasteiger partial charge in [0, 0.05) is 12.5 Å². The van der Waals surface area contributed by atoms with Gasteiger partial charge in [-0.25, -0.2) is 0 Å². The second kappa shape index (κ2) is 4.63. The van der Waals surface area contributed by atoms with Crippen LogP contribution in [0.4, 0.5) is 0 Å². The third-order valence-corrected chi connectivity index (χ3v) is 3.16. The molecule has 16 heavy (non-hydrogen) atoms. The summed E-state index contributed by atoms with van der Waals surface area (Å²) in [4.78, 5) is 5.16. The van der Waals surface area contributed by atoms with Gasteiger partial charge in [0.2, 0.25) is 0 Å². The highest BCUT2D eigenvalue weighted by Crippen LogP contribution is 2.34. The molecule has 6 heteroatoms. The summed E-state index contributed by atoms with van der Waals surface area (Å²) in [7, 11) is 1.62. The molecule has 0 spiro atoms. The highest BCUT2D eigenvalue weighted by molar-refractivity contribution is 7.13. The Kier molecular flexibility index (Phi) is 3.21. The van der Waals surface area contributed by atoms with Crippen molar-refractivity contribution in [3.63, 3.8) is 0 Å². The van der Waals surface area contributed by atoms with Gasteiger partial charge >= 0.3 is 0 Å². The van der Waals surface area contributed by atoms with Crippen LogP contribution in [-0.4, -0.2) is 23.8 Å². The Labute approximate surface area is 97.2 Å². The molecule has 0 saturated heterocycles. The summed E-state index contributed by atoms with van der Waals surface area (Å²) in [6, 6.07) is 1.87. The molecule has 0 aliphatic rings. The zero-order valence-electron chi connectivity index (χ0n) is 9.14. The van der Waals surface area contributed by atoms with Gasteiger partial charge in [0.05, 0.1) is 7.11 Å². The molecule has 0 radical (unpaired) electrons. The fourth-order valence-electron chi connectivity index (χ4n) is 1.25. The minimum atomic E-state index is 0.100. The number of hydrogen-bond donors (Lipinski definition) is 1. The molecule has 2 heterocycles. The van der Waals surface area contributed by atoms with Crippen molar-refractivity contribution < 1.29 is 9.26 Å². The van der Waals surface area contributed by atoms with Gasteiger partial charge in [0.1, 0.15) is 10.6 Å². The first-order chi connectivity index (χ1) is 7.76. The molecule has 86 valence electrons. The standard InChI is InChI=1S/C10H13N3O2S/c1-6(5-11)9-12-10(15-13-9)8-7(14-2)3-4-16-8/h3-4,6H,5,11H2,1-2H3. The van der Waals surface area contributed by atoms with E-state index in [2.05, 4.69) is 10.1 Å². The fraction of sp³-hybridized carbons (Fsp3) is 0.400. The van der Waals surface area contributed by atoms with Crippen LogP contribution in [0.15, 0.2) is 16.0 Å². The lowest BCUT2D eigenvalue weighted by atomic mass is 10.2. The molecule has 0 saturated carbocycles. The normalized spacial score (nSPS) is 12.7. The molecule has 5 nitrogen and oxygen atoms in total. The Hall–Kier alpha value is -1.40. The smallest absolute Gasteiger partial charge is 0.271 e. The molecule has 2 aromatic rings. The van der Waals surface area contributed by atoms with Crippen molar-refractivity contribution in [2.24, 2.45) is 5.73 Å². The number of hydrogen-bond acceptors (Lipinski definition) is 6. The van der Waals surface area contributed by atoms with E-state index >= 15 is 0 Å². The van der Waals surface area contributed by atoms with Crippen molar-refractivity contribution in [2.45, 2.75) is 12.8 Å². The maximum atomic E-state index is 5.54. The highest BCUT2D eigenvalue weighted by Gasteiger charge is 2.17. The van der Waals surface area contributed by atoms with E-state index < -0.39 is 0 Å². The molecular weight excluding hydrogens is 226 g/mol. The van der Waals surface area contributed by atoms with E-state index in [4.69, 9.17) is 15.0 Å². The molecule has 0 aromatic carbocycles. The van der Waals surface area contributed by atoms with Crippen LogP contribution in [0.3, 0.4) is 0 Å². The minimum absolute atomic E-state index is 0.100. The van der Waals surface area contributed by atoms with E-state index in [-0.39, 0.29) is 5.92 Å². The predicted molar refractivity (Wildman–Crippen MR) is 61.6 cm³/mol. The van der Waals surface area contributed by atoms with Gasteiger partial charge in [0.15, 0.2) is 5.82 Å². The van der Waals surface area contributed by atoms with Crippen LogP contribution in [0.5, 0.6) is 5.75 Å². The molecule has 2 aromatic heterocycles. The lowest BCUT2D eigenvalue weighted by Crippen LogP contribution is -2.10. The molecule has 0 aliphatic carbocycles. The summed E-state index contributed by atoms with van der Waals surface area (Å²) in [5, 5.41) is 5.82. The van der Waals surface area contributed by atoms with Crippen molar-refractivity contribution in [3.05, 3.63) is 17.3 Å². The number of nitrogens with zero attached hydrogens (tertiary/aromatic N) is 2. The van der Waals surface area contributed by atoms with E-state index in [9.17, 15) is 0 Å². The van der Waals surface area contributed by atoms with Gasteiger partial charge in [-0.3, -0.25) is 0 Å². The number of methoxy groups -OCH3 is 1. The number of thiophene rings is 1. The molecule has 0 aliphatic heterocycles. The van der Waals surface area contributed by atoms with Crippen molar-refractivity contribution in [2.75, 3.05) is 13.7 Å². The van der Waals surface area contributed by atoms with Crippen molar-refractivity contribution in [1.82, 2.24) is 10.1 Å². The van der Waals surface area contributed by atoms with Crippen molar-refractivity contribution >= 4 is 11.3 Å². The Bertz CT molecular complexity index is 466. The lowest BCUT2D eigenvalue weighted by molar-refractivity contribution is 0.403. The van der Waals surface area contributed by atoms with Crippen molar-refractivity contribution in [1.29, 1.82) is 0 Å². The molecule has 2 N–H and O–H groups in total. The molecule has 1 atom stereocenters. The SMILES string of the molecule is COc1ccsc1-c1nc(C(C)CN)no1. The van der Waals surface area contributed by atoms with Crippen LogP contribution < -0.4 is 10.5 Å². The van der Waals surface area contributed by atoms with Crippen LogP contribution in [-0.2, 0) is 0 Å². The average molecular weight is 239 g/mol. The monoisotopic (exact) mass is 239 g/mol. The zero-order chi connectivity index (χ0) is 11.5. The van der Waals surface area contributed by atoms with Crippen LogP contribution in [0, 0.1) is 0 Å². The summed E-state index contributed by atoms with van der Waals surface area (Å²) < 4.78 is 10.4. The van der Waals surface area contributed by atoms with E-state index in [0.717, 1.165) is 10.6 Å². The third-order valence-electron chi connectivity index (χ3n) is 2.28. The molecule has 1 unspecified atom stereocenters. The Morgan fingerprint density at radius 3 is 3.12 bits per heavy atom. The van der Waals surface area contributed by atoms with E-state index in [1.807, 2.05) is 18.4 Å². The maximum absolute atomic E-state index is 5.54. The number of ether oxygens (including phenoxy) is 1. The largest absolute Gasteiger partial charge is 0.495 e. The van der Waals surface area contributed by atoms with Crippen LogP contribution >= 0.6 is 11.3 Å². The van der Waals surface area contributed by atoms with Crippen LogP contribution in [0.2, 0.25) is 0 Å². The highest BCUT2D eigenvalue weighted by atomic mass is 32.1. The quantitative estimate of drug-likeness (QED) is 0.881. The van der Waals surface area contributed by atoms with E-state index in [0.29, 0.717) is 18.3 Å². The first-order valence-corrected chi connectivity index (χ1v) is 5.79. The summed E-state index contributed by atoms with van der Waals surface area (Å²) in [5.41, 5.74) is 5.54. The summed E-state index contributed by atoms with van der Waals surface area (Å²) in [6.07, 6.45) is 0. The predicted octanol–water partition coefficient (Wildman–Crippen LogP) is 1.87. The van der Waals surface area contributed by atoms with Gasteiger partial charge in [-0.15, -0.1) is 11.3 Å². The van der Waals surface area contributed by atoms with Gasteiger partial charge in [0.25, 0.3) is 5.89 Å². The molecule has 0 bridgehead atoms. The Balaban J connectivity index is 2.31. The number of nitrogens with two attached hydrogens (primary N) is 1. The van der Waals surface area contributed by atoms with Gasteiger partial charge < -0.3 is 15.0 Å². The second-order valence-corrected chi connectivity index (χ2v) is 4.33. The number of rotatable bonds is 4. The maximum Gasteiger partial charge on any atom is 0.271 e. The van der Waals surface area contributed by atoms with Gasteiger partial charge in [-0.05, 0) is 11.4 Å². The average Bonchev–Trinajstić information content (AvgIpc) is 2.95. The fourth-order valence-corrected chi connectivity index (χ4v) is 2.03. The van der Waals surface area contributed by atoms with E-state index in [1.54, 1.807) is 7.11 Å². The van der Waals surface area contributed by atoms with Crippen molar-refractivity contribution in [3.8, 4) is 16.5 Å². The van der Waals surface area contributed by atoms with Crippen LogP contribution in [0.25, 0.3) is 10.8 Å². The topological polar surface area (TPSA) is 74.2 Å². The molecular formula is C10H13N3O2S. The second-order valence-electron chi connectivity index (χ2n) is 3.41. The number of aromatic nitrogens is 2. The Morgan fingerprint density at radius 1 is 1.62 bits per heavy atom. The lowest BCUT2D eigenvalue weighted by Gasteiger charge is -1.99. The van der Waals surface area contributed by atoms with Gasteiger partial charge in [-0.2, -0.15) is 4.98 Å². The summed E-state index contributed by atoms with van der Waals surface area (Å²) in [5.74, 6) is 1.97. The zero-order valence-corrected chi connectivity index (χ0v) is 9.95. The Morgan fingerprint density at radius 2 is 2.44 bits per heavy atom. The first kappa shape index (κ1) is 11.1. The minimum Gasteiger partial charge on any atom is -0.495 e. The molecule has 2 rings (SSSR count). The molecule has 0 fully saturated rings. The third kappa shape index (κ3) is 1.94. The molecule has 0 amide bonds. The first-order valence-electron chi connectivity index (χ1n) is 4.91. The van der Waals surface area contributed by atoms with Gasteiger partial charge in [-0.1, -0.05) is 12.1 Å². The summed E-state index contributed by atoms with van der Waals surface area (Å²) in [6.45, 7) is 2.46. The van der Waals surface area contributed by atoms with E-state index in [1.165, 1.54) is 11.3 Å². The van der Waals surface area contributed by atoms with Crippen LogP contribution in [0.1, 0.15) is 18.7 Å².